The molecule has 5 heteroatoms. The standard InChI is InChI=1S/C18H24FNO3/c1-17(2)14(8-10-18(17,3)16(22)23)15(21)20-11-9-12-4-6-13(19)7-5-12/h4-7,14H,8-11H2,1-3H3,(H,20,21)(H,22,23)/t14-,18+/m1/s1. The first-order chi connectivity index (χ1) is 10.7. The molecule has 1 aromatic rings. The molecule has 23 heavy (non-hydrogen) atoms. The molecule has 0 unspecified atom stereocenters. The van der Waals surface area contributed by atoms with Crippen LogP contribution in [0.15, 0.2) is 24.3 Å². The Balaban J connectivity index is 1.94. The van der Waals surface area contributed by atoms with Gasteiger partial charge in [0.15, 0.2) is 0 Å². The molecule has 0 radical (unpaired) electrons. The summed E-state index contributed by atoms with van der Waals surface area (Å²) in [7, 11) is 0. The Morgan fingerprint density at radius 3 is 2.39 bits per heavy atom. The molecule has 0 spiro atoms. The summed E-state index contributed by atoms with van der Waals surface area (Å²) in [4.78, 5) is 24.0. The van der Waals surface area contributed by atoms with Crippen molar-refractivity contribution >= 4 is 11.9 Å². The van der Waals surface area contributed by atoms with Crippen LogP contribution >= 0.6 is 0 Å². The van der Waals surface area contributed by atoms with Crippen LogP contribution < -0.4 is 5.32 Å². The van der Waals surface area contributed by atoms with Crippen LogP contribution in [-0.2, 0) is 16.0 Å². The minimum atomic E-state index is -0.883. The number of carboxylic acids is 1. The predicted octanol–water partition coefficient (Wildman–Crippen LogP) is 3.01. The summed E-state index contributed by atoms with van der Waals surface area (Å²) in [6, 6.07) is 6.19. The third-order valence-corrected chi connectivity index (χ3v) is 5.64. The molecular weight excluding hydrogens is 297 g/mol. The first-order valence-corrected chi connectivity index (χ1v) is 7.94. The van der Waals surface area contributed by atoms with Gasteiger partial charge in [0.1, 0.15) is 5.82 Å². The summed E-state index contributed by atoms with van der Waals surface area (Å²) >= 11 is 0. The fourth-order valence-electron chi connectivity index (χ4n) is 3.45. The third-order valence-electron chi connectivity index (χ3n) is 5.64. The van der Waals surface area contributed by atoms with Crippen LogP contribution in [0.1, 0.15) is 39.2 Å². The zero-order valence-electron chi connectivity index (χ0n) is 13.9. The van der Waals surface area contributed by atoms with Crippen molar-refractivity contribution in [3.63, 3.8) is 0 Å². The topological polar surface area (TPSA) is 66.4 Å². The highest BCUT2D eigenvalue weighted by molar-refractivity contribution is 5.83. The number of rotatable bonds is 5. The third kappa shape index (κ3) is 3.23. The minimum absolute atomic E-state index is 0.0953. The number of carboxylic acid groups (broad SMARTS) is 1. The van der Waals surface area contributed by atoms with Crippen LogP contribution in [-0.4, -0.2) is 23.5 Å². The number of nitrogens with one attached hydrogen (secondary N) is 1. The maximum atomic E-state index is 12.8. The normalized spacial score (nSPS) is 26.0. The van der Waals surface area contributed by atoms with Crippen LogP contribution in [0.3, 0.4) is 0 Å². The Hall–Kier alpha value is -1.91. The summed E-state index contributed by atoms with van der Waals surface area (Å²) in [6.45, 7) is 5.90. The van der Waals surface area contributed by atoms with Gasteiger partial charge in [-0.2, -0.15) is 0 Å². The van der Waals surface area contributed by atoms with Gasteiger partial charge in [0.25, 0.3) is 0 Å². The molecule has 2 rings (SSSR count). The lowest BCUT2D eigenvalue weighted by Gasteiger charge is -2.37. The fraction of sp³-hybridized carbons (Fsp3) is 0.556. The molecular formula is C18H24FNO3. The van der Waals surface area contributed by atoms with E-state index in [-0.39, 0.29) is 17.6 Å². The Morgan fingerprint density at radius 1 is 1.26 bits per heavy atom. The summed E-state index contributed by atoms with van der Waals surface area (Å²) < 4.78 is 12.8. The first kappa shape index (κ1) is 17.4. The summed E-state index contributed by atoms with van der Waals surface area (Å²) in [5.74, 6) is -1.53. The van der Waals surface area contributed by atoms with Gasteiger partial charge in [-0.25, -0.2) is 4.39 Å². The van der Waals surface area contributed by atoms with Crippen LogP contribution in [0.25, 0.3) is 0 Å². The molecule has 2 atom stereocenters. The molecule has 0 bridgehead atoms. The number of carbonyl (C=O) groups is 2. The van der Waals surface area contributed by atoms with E-state index in [0.29, 0.717) is 25.8 Å². The van der Waals surface area contributed by atoms with Gasteiger partial charge < -0.3 is 10.4 Å². The van der Waals surface area contributed by atoms with Crippen molar-refractivity contribution in [2.45, 2.75) is 40.0 Å². The van der Waals surface area contributed by atoms with Gasteiger partial charge in [-0.05, 0) is 49.3 Å². The Kier molecular flexibility index (Phi) is 4.78. The highest BCUT2D eigenvalue weighted by Crippen LogP contribution is 2.56. The molecule has 0 aromatic heterocycles. The minimum Gasteiger partial charge on any atom is -0.481 e. The number of aliphatic carboxylic acids is 1. The number of benzene rings is 1. The summed E-state index contributed by atoms with van der Waals surface area (Å²) in [6.07, 6.45) is 1.71. The van der Waals surface area contributed by atoms with Gasteiger partial charge in [0.2, 0.25) is 5.91 Å². The number of amides is 1. The van der Waals surface area contributed by atoms with Crippen LogP contribution in [0.5, 0.6) is 0 Å². The number of hydrogen-bond acceptors (Lipinski definition) is 2. The highest BCUT2D eigenvalue weighted by Gasteiger charge is 2.58. The number of hydrogen-bond donors (Lipinski definition) is 2. The van der Waals surface area contributed by atoms with Crippen molar-refractivity contribution in [3.8, 4) is 0 Å². The van der Waals surface area contributed by atoms with Crippen molar-refractivity contribution < 1.29 is 19.1 Å². The lowest BCUT2D eigenvalue weighted by atomic mass is 9.65. The van der Waals surface area contributed by atoms with Crippen LogP contribution in [0.4, 0.5) is 4.39 Å². The molecule has 1 fully saturated rings. The van der Waals surface area contributed by atoms with E-state index >= 15 is 0 Å². The van der Waals surface area contributed by atoms with E-state index in [9.17, 15) is 19.1 Å². The Bertz CT molecular complexity index is 597. The molecule has 0 heterocycles. The maximum absolute atomic E-state index is 12.8. The highest BCUT2D eigenvalue weighted by atomic mass is 19.1. The Morgan fingerprint density at radius 2 is 1.87 bits per heavy atom. The zero-order chi connectivity index (χ0) is 17.3. The molecule has 1 amide bonds. The van der Waals surface area contributed by atoms with Crippen molar-refractivity contribution in [1.82, 2.24) is 5.32 Å². The van der Waals surface area contributed by atoms with E-state index in [0.717, 1.165) is 5.56 Å². The van der Waals surface area contributed by atoms with Gasteiger partial charge in [-0.15, -0.1) is 0 Å². The van der Waals surface area contributed by atoms with E-state index in [1.807, 2.05) is 13.8 Å². The van der Waals surface area contributed by atoms with Crippen molar-refractivity contribution in [1.29, 1.82) is 0 Å². The molecule has 1 saturated carbocycles. The fourth-order valence-corrected chi connectivity index (χ4v) is 3.45. The second-order valence-corrected chi connectivity index (χ2v) is 7.12. The zero-order valence-corrected chi connectivity index (χ0v) is 13.9. The van der Waals surface area contributed by atoms with Gasteiger partial charge in [-0.1, -0.05) is 26.0 Å². The molecule has 0 saturated heterocycles. The SMILES string of the molecule is CC1(C)[C@@H](C(=O)NCCc2ccc(F)cc2)CC[C@@]1(C)C(=O)O. The lowest BCUT2D eigenvalue weighted by Crippen LogP contribution is -2.45. The van der Waals surface area contributed by atoms with Crippen molar-refractivity contribution in [3.05, 3.63) is 35.6 Å². The van der Waals surface area contributed by atoms with Crippen molar-refractivity contribution in [2.24, 2.45) is 16.7 Å². The smallest absolute Gasteiger partial charge is 0.309 e. The van der Waals surface area contributed by atoms with Gasteiger partial charge >= 0.3 is 5.97 Å². The summed E-state index contributed by atoms with van der Waals surface area (Å²) in [5.41, 5.74) is -0.530. The maximum Gasteiger partial charge on any atom is 0.309 e. The van der Waals surface area contributed by atoms with Gasteiger partial charge in [-0.3, -0.25) is 9.59 Å². The van der Waals surface area contributed by atoms with E-state index in [1.54, 1.807) is 19.1 Å². The van der Waals surface area contributed by atoms with E-state index in [2.05, 4.69) is 5.32 Å². The summed E-state index contributed by atoms with van der Waals surface area (Å²) in [5, 5.41) is 12.4. The van der Waals surface area contributed by atoms with Crippen molar-refractivity contribution in [2.75, 3.05) is 6.54 Å². The average molecular weight is 321 g/mol. The number of carbonyl (C=O) groups excluding carboxylic acids is 1. The first-order valence-electron chi connectivity index (χ1n) is 7.94. The van der Waals surface area contributed by atoms with Gasteiger partial charge in [0.05, 0.1) is 5.41 Å². The molecule has 2 N–H and O–H groups in total. The molecule has 1 aliphatic rings. The largest absolute Gasteiger partial charge is 0.481 e. The lowest BCUT2D eigenvalue weighted by molar-refractivity contribution is -0.155. The molecule has 1 aromatic carbocycles. The number of halogens is 1. The van der Waals surface area contributed by atoms with Gasteiger partial charge in [0, 0.05) is 12.5 Å². The molecule has 126 valence electrons. The van der Waals surface area contributed by atoms with Crippen LogP contribution in [0.2, 0.25) is 0 Å². The molecule has 1 aliphatic carbocycles. The second-order valence-electron chi connectivity index (χ2n) is 7.12. The van der Waals surface area contributed by atoms with E-state index in [1.165, 1.54) is 12.1 Å². The Labute approximate surface area is 136 Å². The molecule has 0 aliphatic heterocycles. The van der Waals surface area contributed by atoms with Crippen LogP contribution in [0, 0.1) is 22.6 Å². The molecule has 4 nitrogen and oxygen atoms in total. The second kappa shape index (κ2) is 6.30. The van der Waals surface area contributed by atoms with E-state index < -0.39 is 16.8 Å². The quantitative estimate of drug-likeness (QED) is 0.876. The predicted molar refractivity (Wildman–Crippen MR) is 85.4 cm³/mol. The van der Waals surface area contributed by atoms with E-state index in [4.69, 9.17) is 0 Å². The monoisotopic (exact) mass is 321 g/mol. The average Bonchev–Trinajstić information content (AvgIpc) is 2.73.